The zero-order valence-corrected chi connectivity index (χ0v) is 11.1. The van der Waals surface area contributed by atoms with Crippen LogP contribution in [0.15, 0.2) is 54.6 Å². The highest BCUT2D eigenvalue weighted by Gasteiger charge is 1.95. The number of benzene rings is 2. The van der Waals surface area contributed by atoms with E-state index in [-0.39, 0.29) is 0 Å². The van der Waals surface area contributed by atoms with Crippen molar-refractivity contribution in [3.63, 3.8) is 0 Å². The van der Waals surface area contributed by atoms with Gasteiger partial charge in [0.05, 0.1) is 13.7 Å². The van der Waals surface area contributed by atoms with Gasteiger partial charge in [-0.25, -0.2) is 5.48 Å². The lowest BCUT2D eigenvalue weighted by molar-refractivity contribution is 0.0288. The van der Waals surface area contributed by atoms with Gasteiger partial charge >= 0.3 is 0 Å². The zero-order valence-electron chi connectivity index (χ0n) is 11.1. The van der Waals surface area contributed by atoms with E-state index in [1.165, 1.54) is 11.1 Å². The van der Waals surface area contributed by atoms with E-state index in [9.17, 15) is 0 Å². The molecule has 0 saturated carbocycles. The van der Waals surface area contributed by atoms with E-state index >= 15 is 0 Å². The molecule has 2 rings (SSSR count). The van der Waals surface area contributed by atoms with Crippen LogP contribution >= 0.6 is 0 Å². The first-order chi connectivity index (χ1) is 9.38. The third-order valence-electron chi connectivity index (χ3n) is 2.86. The van der Waals surface area contributed by atoms with Crippen molar-refractivity contribution in [2.75, 3.05) is 13.7 Å². The quantitative estimate of drug-likeness (QED) is 0.611. The van der Waals surface area contributed by atoms with E-state index in [1.807, 2.05) is 42.5 Å². The van der Waals surface area contributed by atoms with E-state index in [4.69, 9.17) is 9.57 Å². The van der Waals surface area contributed by atoms with E-state index in [0.29, 0.717) is 6.61 Å². The fraction of sp³-hybridized carbons (Fsp3) is 0.250. The molecule has 0 aromatic heterocycles. The minimum absolute atomic E-state index is 0.587. The molecule has 0 aliphatic rings. The van der Waals surface area contributed by atoms with Crippen LogP contribution in [0.3, 0.4) is 0 Å². The van der Waals surface area contributed by atoms with Crippen LogP contribution in [0.25, 0.3) is 0 Å². The van der Waals surface area contributed by atoms with Crippen molar-refractivity contribution in [3.05, 3.63) is 65.7 Å². The van der Waals surface area contributed by atoms with E-state index in [2.05, 4.69) is 17.6 Å². The lowest BCUT2D eigenvalue weighted by atomic mass is 10.1. The second-order valence-corrected chi connectivity index (χ2v) is 4.27. The SMILES string of the molecule is COc1ccc(CCNOCc2ccccc2)cc1. The summed E-state index contributed by atoms with van der Waals surface area (Å²) in [5, 5.41) is 0. The van der Waals surface area contributed by atoms with Gasteiger partial charge in [0.2, 0.25) is 0 Å². The number of hydrogen-bond acceptors (Lipinski definition) is 3. The van der Waals surface area contributed by atoms with Crippen LogP contribution in [0.2, 0.25) is 0 Å². The minimum atomic E-state index is 0.587. The van der Waals surface area contributed by atoms with Gasteiger partial charge in [-0.1, -0.05) is 42.5 Å². The number of methoxy groups -OCH3 is 1. The normalized spacial score (nSPS) is 10.4. The Hall–Kier alpha value is -1.84. The molecule has 2 aromatic carbocycles. The topological polar surface area (TPSA) is 30.5 Å². The molecule has 0 aliphatic heterocycles. The first-order valence-electron chi connectivity index (χ1n) is 6.40. The summed E-state index contributed by atoms with van der Waals surface area (Å²) in [6.07, 6.45) is 0.929. The smallest absolute Gasteiger partial charge is 0.118 e. The van der Waals surface area contributed by atoms with E-state index in [0.717, 1.165) is 18.7 Å². The van der Waals surface area contributed by atoms with Crippen molar-refractivity contribution in [1.82, 2.24) is 5.48 Å². The molecule has 0 radical (unpaired) electrons. The first kappa shape index (κ1) is 13.6. The van der Waals surface area contributed by atoms with Crippen molar-refractivity contribution in [2.24, 2.45) is 0 Å². The van der Waals surface area contributed by atoms with Crippen LogP contribution < -0.4 is 10.2 Å². The van der Waals surface area contributed by atoms with Gasteiger partial charge in [0, 0.05) is 6.54 Å². The molecule has 0 atom stereocenters. The van der Waals surface area contributed by atoms with Crippen molar-refractivity contribution >= 4 is 0 Å². The first-order valence-corrected chi connectivity index (χ1v) is 6.40. The summed E-state index contributed by atoms with van der Waals surface area (Å²) in [4.78, 5) is 5.41. The molecule has 0 unspecified atom stereocenters. The van der Waals surface area contributed by atoms with Crippen molar-refractivity contribution in [3.8, 4) is 5.75 Å². The van der Waals surface area contributed by atoms with Gasteiger partial charge in [0.1, 0.15) is 5.75 Å². The van der Waals surface area contributed by atoms with Gasteiger partial charge < -0.3 is 4.74 Å². The number of hydroxylamine groups is 1. The molecule has 100 valence electrons. The Labute approximate surface area is 114 Å². The van der Waals surface area contributed by atoms with E-state index in [1.54, 1.807) is 7.11 Å². The molecule has 0 amide bonds. The Kier molecular flexibility index (Phi) is 5.41. The predicted molar refractivity (Wildman–Crippen MR) is 75.9 cm³/mol. The molecule has 0 fully saturated rings. The molecular formula is C16H19NO2. The van der Waals surface area contributed by atoms with Crippen LogP contribution in [0.4, 0.5) is 0 Å². The Morgan fingerprint density at radius 3 is 2.32 bits per heavy atom. The Morgan fingerprint density at radius 2 is 1.63 bits per heavy atom. The fourth-order valence-corrected chi connectivity index (χ4v) is 1.77. The summed E-state index contributed by atoms with van der Waals surface area (Å²) < 4.78 is 5.12. The largest absolute Gasteiger partial charge is 0.497 e. The average Bonchev–Trinajstić information content (AvgIpc) is 2.49. The maximum absolute atomic E-state index is 5.41. The maximum atomic E-state index is 5.41. The molecule has 0 bridgehead atoms. The van der Waals surface area contributed by atoms with Crippen molar-refractivity contribution in [1.29, 1.82) is 0 Å². The summed E-state index contributed by atoms with van der Waals surface area (Å²) in [5.74, 6) is 0.886. The van der Waals surface area contributed by atoms with Crippen LogP contribution in [0, 0.1) is 0 Å². The van der Waals surface area contributed by atoms with Gasteiger partial charge in [-0.2, -0.15) is 0 Å². The van der Waals surface area contributed by atoms with Crippen LogP contribution in [0.5, 0.6) is 5.75 Å². The third kappa shape index (κ3) is 4.73. The molecule has 0 saturated heterocycles. The van der Waals surface area contributed by atoms with Crippen LogP contribution in [0.1, 0.15) is 11.1 Å². The monoisotopic (exact) mass is 257 g/mol. The molecule has 0 aliphatic carbocycles. The lowest BCUT2D eigenvalue weighted by Crippen LogP contribution is -2.17. The highest BCUT2D eigenvalue weighted by Crippen LogP contribution is 2.11. The molecule has 2 aromatic rings. The Bertz CT molecular complexity index is 468. The second kappa shape index (κ2) is 7.56. The summed E-state index contributed by atoms with van der Waals surface area (Å²) in [6.45, 7) is 1.38. The molecule has 0 heterocycles. The van der Waals surface area contributed by atoms with Crippen molar-refractivity contribution in [2.45, 2.75) is 13.0 Å². The number of hydrogen-bond donors (Lipinski definition) is 1. The van der Waals surface area contributed by atoms with Crippen LogP contribution in [-0.4, -0.2) is 13.7 Å². The standard InChI is InChI=1S/C16H19NO2/c1-18-16-9-7-14(8-10-16)11-12-17-19-13-15-5-3-2-4-6-15/h2-10,17H,11-13H2,1H3. The molecule has 3 heteroatoms. The Morgan fingerprint density at radius 1 is 0.895 bits per heavy atom. The third-order valence-corrected chi connectivity index (χ3v) is 2.86. The zero-order chi connectivity index (χ0) is 13.3. The van der Waals surface area contributed by atoms with Crippen molar-refractivity contribution < 1.29 is 9.57 Å². The summed E-state index contributed by atoms with van der Waals surface area (Å²) in [7, 11) is 1.67. The second-order valence-electron chi connectivity index (χ2n) is 4.27. The molecule has 0 spiro atoms. The molecular weight excluding hydrogens is 238 g/mol. The fourth-order valence-electron chi connectivity index (χ4n) is 1.77. The van der Waals surface area contributed by atoms with Gasteiger partial charge in [-0.3, -0.25) is 4.84 Å². The number of ether oxygens (including phenoxy) is 1. The molecule has 19 heavy (non-hydrogen) atoms. The van der Waals surface area contributed by atoms with Crippen LogP contribution in [-0.2, 0) is 17.9 Å². The average molecular weight is 257 g/mol. The number of nitrogens with one attached hydrogen (secondary N) is 1. The summed E-state index contributed by atoms with van der Waals surface area (Å²) in [6, 6.07) is 18.2. The van der Waals surface area contributed by atoms with E-state index < -0.39 is 0 Å². The predicted octanol–water partition coefficient (Wildman–Crippen LogP) is 2.96. The highest BCUT2D eigenvalue weighted by molar-refractivity contribution is 5.27. The van der Waals surface area contributed by atoms with Gasteiger partial charge in [-0.15, -0.1) is 0 Å². The number of rotatable bonds is 7. The summed E-state index contributed by atoms with van der Waals surface area (Å²) in [5.41, 5.74) is 5.41. The maximum Gasteiger partial charge on any atom is 0.118 e. The van der Waals surface area contributed by atoms with Gasteiger partial charge in [-0.05, 0) is 29.7 Å². The Balaban J connectivity index is 1.63. The molecule has 3 nitrogen and oxygen atoms in total. The molecule has 1 N–H and O–H groups in total. The summed E-state index contributed by atoms with van der Waals surface area (Å²) >= 11 is 0. The highest BCUT2D eigenvalue weighted by atomic mass is 16.6. The lowest BCUT2D eigenvalue weighted by Gasteiger charge is -2.06. The van der Waals surface area contributed by atoms with Gasteiger partial charge in [0.25, 0.3) is 0 Å². The van der Waals surface area contributed by atoms with Gasteiger partial charge in [0.15, 0.2) is 0 Å². The minimum Gasteiger partial charge on any atom is -0.497 e.